The molecule has 118 valence electrons. The van der Waals surface area contributed by atoms with Crippen molar-refractivity contribution < 1.29 is 0 Å². The molecule has 3 aromatic rings. The Hall–Kier alpha value is -2.51. The molecule has 24 heavy (non-hydrogen) atoms. The van der Waals surface area contributed by atoms with Gasteiger partial charge in [-0.25, -0.2) is 0 Å². The summed E-state index contributed by atoms with van der Waals surface area (Å²) in [5.74, 6) is 0. The van der Waals surface area contributed by atoms with Crippen LogP contribution in [0.25, 0.3) is 11.1 Å². The third kappa shape index (κ3) is 2.95. The number of hydrogen-bond acceptors (Lipinski definition) is 1. The van der Waals surface area contributed by atoms with Crippen LogP contribution < -0.4 is 4.90 Å². The molecule has 1 aliphatic rings. The standard InChI is InChI=1S/C22H18ClN/c23-19-11-13-20(14-12-19)24-15-21(17-7-3-1-4-8-17)22(16-24)18-9-5-2-6-10-18/h1-14H,15-16H2. The van der Waals surface area contributed by atoms with E-state index in [1.807, 2.05) is 12.1 Å². The molecule has 4 rings (SSSR count). The van der Waals surface area contributed by atoms with Crippen LogP contribution in [0, 0.1) is 0 Å². The van der Waals surface area contributed by atoms with Gasteiger partial charge in [0.05, 0.1) is 0 Å². The van der Waals surface area contributed by atoms with Gasteiger partial charge in [-0.3, -0.25) is 0 Å². The first kappa shape index (κ1) is 15.0. The minimum atomic E-state index is 0.775. The molecule has 1 aliphatic heterocycles. The summed E-state index contributed by atoms with van der Waals surface area (Å²) in [6, 6.07) is 29.5. The largest absolute Gasteiger partial charge is 0.363 e. The zero-order valence-corrected chi connectivity index (χ0v) is 14.1. The van der Waals surface area contributed by atoms with Crippen LogP contribution in [0.3, 0.4) is 0 Å². The molecule has 1 heterocycles. The molecule has 0 amide bonds. The number of halogens is 1. The smallest absolute Gasteiger partial charge is 0.0442 e. The van der Waals surface area contributed by atoms with Gasteiger partial charge in [-0.15, -0.1) is 0 Å². The van der Waals surface area contributed by atoms with Crippen molar-refractivity contribution in [3.63, 3.8) is 0 Å². The van der Waals surface area contributed by atoms with E-state index in [0.717, 1.165) is 18.1 Å². The first-order valence-corrected chi connectivity index (χ1v) is 8.52. The minimum absolute atomic E-state index is 0.775. The van der Waals surface area contributed by atoms with Crippen LogP contribution >= 0.6 is 11.6 Å². The van der Waals surface area contributed by atoms with Gasteiger partial charge in [-0.05, 0) is 46.5 Å². The first-order valence-electron chi connectivity index (χ1n) is 8.14. The zero-order chi connectivity index (χ0) is 16.4. The highest BCUT2D eigenvalue weighted by atomic mass is 35.5. The Morgan fingerprint density at radius 3 is 1.50 bits per heavy atom. The Bertz CT molecular complexity index is 800. The van der Waals surface area contributed by atoms with Crippen LogP contribution in [-0.2, 0) is 0 Å². The summed E-state index contributed by atoms with van der Waals surface area (Å²) in [5, 5.41) is 0.775. The summed E-state index contributed by atoms with van der Waals surface area (Å²) >= 11 is 6.04. The minimum Gasteiger partial charge on any atom is -0.363 e. The number of hydrogen-bond donors (Lipinski definition) is 0. The maximum atomic E-state index is 6.04. The lowest BCUT2D eigenvalue weighted by Gasteiger charge is -2.19. The van der Waals surface area contributed by atoms with Crippen molar-refractivity contribution in [2.24, 2.45) is 0 Å². The normalized spacial score (nSPS) is 14.3. The summed E-state index contributed by atoms with van der Waals surface area (Å²) < 4.78 is 0. The molecule has 0 radical (unpaired) electrons. The third-order valence-corrected chi connectivity index (χ3v) is 4.75. The van der Waals surface area contributed by atoms with Gasteiger partial charge >= 0.3 is 0 Å². The molecule has 0 atom stereocenters. The first-order chi connectivity index (χ1) is 11.8. The topological polar surface area (TPSA) is 3.24 Å². The predicted molar refractivity (Wildman–Crippen MR) is 103 cm³/mol. The van der Waals surface area contributed by atoms with Gasteiger partial charge in [-0.1, -0.05) is 72.3 Å². The van der Waals surface area contributed by atoms with E-state index in [0.29, 0.717) is 0 Å². The molecule has 0 N–H and O–H groups in total. The second kappa shape index (κ2) is 6.54. The lowest BCUT2D eigenvalue weighted by Crippen LogP contribution is -2.20. The van der Waals surface area contributed by atoms with Gasteiger partial charge in [-0.2, -0.15) is 0 Å². The summed E-state index contributed by atoms with van der Waals surface area (Å²) in [6.07, 6.45) is 0. The third-order valence-electron chi connectivity index (χ3n) is 4.50. The van der Waals surface area contributed by atoms with Crippen molar-refractivity contribution in [3.05, 3.63) is 101 Å². The van der Waals surface area contributed by atoms with Crippen LogP contribution in [0.15, 0.2) is 84.9 Å². The molecular weight excluding hydrogens is 314 g/mol. The van der Waals surface area contributed by atoms with Gasteiger partial charge in [0.2, 0.25) is 0 Å². The highest BCUT2D eigenvalue weighted by molar-refractivity contribution is 6.30. The number of anilines is 1. The predicted octanol–water partition coefficient (Wildman–Crippen LogP) is 5.77. The van der Waals surface area contributed by atoms with E-state index in [1.54, 1.807) is 0 Å². The van der Waals surface area contributed by atoms with Gasteiger partial charge in [0.15, 0.2) is 0 Å². The molecule has 0 fully saturated rings. The molecule has 0 saturated heterocycles. The van der Waals surface area contributed by atoms with Crippen molar-refractivity contribution in [3.8, 4) is 0 Å². The van der Waals surface area contributed by atoms with E-state index in [9.17, 15) is 0 Å². The van der Waals surface area contributed by atoms with Crippen molar-refractivity contribution in [1.82, 2.24) is 0 Å². The summed E-state index contributed by atoms with van der Waals surface area (Å²) in [4.78, 5) is 2.40. The van der Waals surface area contributed by atoms with E-state index in [1.165, 1.54) is 28.0 Å². The van der Waals surface area contributed by atoms with E-state index < -0.39 is 0 Å². The fourth-order valence-electron chi connectivity index (χ4n) is 3.27. The fourth-order valence-corrected chi connectivity index (χ4v) is 3.40. The molecule has 3 aromatic carbocycles. The number of rotatable bonds is 3. The quantitative estimate of drug-likeness (QED) is 0.588. The molecular formula is C22H18ClN. The molecule has 1 nitrogen and oxygen atoms in total. The molecule has 0 aromatic heterocycles. The number of nitrogens with zero attached hydrogens (tertiary/aromatic N) is 1. The van der Waals surface area contributed by atoms with Gasteiger partial charge < -0.3 is 4.90 Å². The lowest BCUT2D eigenvalue weighted by molar-refractivity contribution is 1.02. The van der Waals surface area contributed by atoms with Crippen LogP contribution in [0.4, 0.5) is 5.69 Å². The Balaban J connectivity index is 1.74. The molecule has 0 saturated carbocycles. The summed E-state index contributed by atoms with van der Waals surface area (Å²) in [7, 11) is 0. The summed E-state index contributed by atoms with van der Waals surface area (Å²) in [5.41, 5.74) is 6.60. The van der Waals surface area contributed by atoms with Gasteiger partial charge in [0.1, 0.15) is 0 Å². The Kier molecular flexibility index (Phi) is 4.10. The van der Waals surface area contributed by atoms with Crippen LogP contribution in [0.1, 0.15) is 11.1 Å². The highest BCUT2D eigenvalue weighted by Gasteiger charge is 2.24. The fraction of sp³-hybridized carbons (Fsp3) is 0.0909. The van der Waals surface area contributed by atoms with Crippen molar-refractivity contribution in [2.75, 3.05) is 18.0 Å². The van der Waals surface area contributed by atoms with E-state index in [2.05, 4.69) is 77.7 Å². The average Bonchev–Trinajstić information content (AvgIpc) is 3.09. The maximum Gasteiger partial charge on any atom is 0.0442 e. The van der Waals surface area contributed by atoms with E-state index in [-0.39, 0.29) is 0 Å². The van der Waals surface area contributed by atoms with Crippen LogP contribution in [0.5, 0.6) is 0 Å². The van der Waals surface area contributed by atoms with Crippen molar-refractivity contribution >= 4 is 28.4 Å². The van der Waals surface area contributed by atoms with Gasteiger partial charge in [0.25, 0.3) is 0 Å². The monoisotopic (exact) mass is 331 g/mol. The SMILES string of the molecule is Clc1ccc(N2CC(c3ccccc3)=C(c3ccccc3)C2)cc1. The van der Waals surface area contributed by atoms with E-state index >= 15 is 0 Å². The molecule has 0 aliphatic carbocycles. The molecule has 0 spiro atoms. The molecule has 2 heteroatoms. The van der Waals surface area contributed by atoms with Crippen LogP contribution in [-0.4, -0.2) is 13.1 Å². The zero-order valence-electron chi connectivity index (χ0n) is 13.3. The van der Waals surface area contributed by atoms with Crippen molar-refractivity contribution in [2.45, 2.75) is 0 Å². The maximum absolute atomic E-state index is 6.04. The van der Waals surface area contributed by atoms with Gasteiger partial charge in [0, 0.05) is 23.8 Å². The summed E-state index contributed by atoms with van der Waals surface area (Å²) in [6.45, 7) is 1.83. The van der Waals surface area contributed by atoms with Crippen LogP contribution in [0.2, 0.25) is 5.02 Å². The molecule has 0 unspecified atom stereocenters. The Morgan fingerprint density at radius 1 is 0.583 bits per heavy atom. The van der Waals surface area contributed by atoms with Crippen molar-refractivity contribution in [1.29, 1.82) is 0 Å². The van der Waals surface area contributed by atoms with E-state index in [4.69, 9.17) is 11.6 Å². The number of benzene rings is 3. The second-order valence-corrected chi connectivity index (χ2v) is 6.46. The average molecular weight is 332 g/mol. The second-order valence-electron chi connectivity index (χ2n) is 6.02. The Morgan fingerprint density at radius 2 is 1.04 bits per heavy atom. The lowest BCUT2D eigenvalue weighted by atomic mass is 9.97. The Labute approximate surface area is 147 Å². The highest BCUT2D eigenvalue weighted by Crippen LogP contribution is 2.35. The molecule has 0 bridgehead atoms.